The zero-order valence-electron chi connectivity index (χ0n) is 7.66. The van der Waals surface area contributed by atoms with E-state index in [-0.39, 0.29) is 6.10 Å². The predicted octanol–water partition coefficient (Wildman–Crippen LogP) is -0.197. The molecule has 1 saturated carbocycles. The van der Waals surface area contributed by atoms with Crippen molar-refractivity contribution in [2.75, 3.05) is 19.6 Å². The van der Waals surface area contributed by atoms with Gasteiger partial charge in [0.2, 0.25) is 0 Å². The van der Waals surface area contributed by atoms with Gasteiger partial charge in [-0.15, -0.1) is 0 Å². The second kappa shape index (κ2) is 3.32. The number of nitrogens with one attached hydrogen (secondary N) is 1. The quantitative estimate of drug-likeness (QED) is 0.572. The summed E-state index contributed by atoms with van der Waals surface area (Å²) in [6.45, 7) is 5.48. The summed E-state index contributed by atoms with van der Waals surface area (Å²) in [7, 11) is 0. The lowest BCUT2D eigenvalue weighted by Crippen LogP contribution is -2.59. The average molecular weight is 170 g/mol. The standard InChI is InChI=1S/C9H18N2O/c1-7-6-11(5-4-10-7)8-2-3-9(8)12/h7-10,12H,2-6H2,1H3. The zero-order chi connectivity index (χ0) is 8.55. The smallest absolute Gasteiger partial charge is 0.0696 e. The van der Waals surface area contributed by atoms with Gasteiger partial charge in [-0.05, 0) is 19.8 Å². The summed E-state index contributed by atoms with van der Waals surface area (Å²) in [5.74, 6) is 0. The Labute approximate surface area is 73.8 Å². The second-order valence-electron chi connectivity index (χ2n) is 4.06. The lowest BCUT2D eigenvalue weighted by atomic mass is 9.87. The molecular formula is C9H18N2O. The topological polar surface area (TPSA) is 35.5 Å². The van der Waals surface area contributed by atoms with E-state index >= 15 is 0 Å². The zero-order valence-corrected chi connectivity index (χ0v) is 7.66. The summed E-state index contributed by atoms with van der Waals surface area (Å²) in [5, 5.41) is 12.9. The lowest BCUT2D eigenvalue weighted by Gasteiger charge is -2.45. The van der Waals surface area contributed by atoms with Crippen molar-refractivity contribution in [2.45, 2.75) is 38.0 Å². The van der Waals surface area contributed by atoms with Crippen LogP contribution < -0.4 is 5.32 Å². The van der Waals surface area contributed by atoms with Gasteiger partial charge in [0.1, 0.15) is 0 Å². The Morgan fingerprint density at radius 1 is 1.42 bits per heavy atom. The third-order valence-corrected chi connectivity index (χ3v) is 3.07. The molecule has 3 atom stereocenters. The molecule has 0 radical (unpaired) electrons. The minimum absolute atomic E-state index is 0.0460. The van der Waals surface area contributed by atoms with Crippen LogP contribution in [0, 0.1) is 0 Å². The van der Waals surface area contributed by atoms with Crippen LogP contribution in [-0.2, 0) is 0 Å². The third-order valence-electron chi connectivity index (χ3n) is 3.07. The monoisotopic (exact) mass is 170 g/mol. The summed E-state index contributed by atoms with van der Waals surface area (Å²) >= 11 is 0. The van der Waals surface area contributed by atoms with Gasteiger partial charge < -0.3 is 10.4 Å². The van der Waals surface area contributed by atoms with Crippen molar-refractivity contribution >= 4 is 0 Å². The van der Waals surface area contributed by atoms with Crippen LogP contribution in [0.1, 0.15) is 19.8 Å². The van der Waals surface area contributed by atoms with E-state index in [0.29, 0.717) is 12.1 Å². The Bertz CT molecular complexity index is 163. The van der Waals surface area contributed by atoms with Gasteiger partial charge in [-0.1, -0.05) is 0 Å². The Hall–Kier alpha value is -0.120. The highest BCUT2D eigenvalue weighted by atomic mass is 16.3. The summed E-state index contributed by atoms with van der Waals surface area (Å²) in [6, 6.07) is 1.06. The summed E-state index contributed by atoms with van der Waals surface area (Å²) in [4.78, 5) is 2.43. The Morgan fingerprint density at radius 3 is 2.75 bits per heavy atom. The molecule has 3 nitrogen and oxygen atoms in total. The molecule has 0 aromatic heterocycles. The van der Waals surface area contributed by atoms with Crippen molar-refractivity contribution in [2.24, 2.45) is 0 Å². The molecule has 2 N–H and O–H groups in total. The molecular weight excluding hydrogens is 152 g/mol. The minimum Gasteiger partial charge on any atom is -0.391 e. The molecule has 1 aliphatic carbocycles. The molecule has 1 heterocycles. The van der Waals surface area contributed by atoms with E-state index in [4.69, 9.17) is 0 Å². The number of rotatable bonds is 1. The maximum Gasteiger partial charge on any atom is 0.0696 e. The van der Waals surface area contributed by atoms with Crippen molar-refractivity contribution in [1.29, 1.82) is 0 Å². The van der Waals surface area contributed by atoms with Crippen LogP contribution >= 0.6 is 0 Å². The lowest BCUT2D eigenvalue weighted by molar-refractivity contribution is -0.0304. The van der Waals surface area contributed by atoms with Crippen molar-refractivity contribution < 1.29 is 5.11 Å². The van der Waals surface area contributed by atoms with Gasteiger partial charge in [0.05, 0.1) is 6.10 Å². The number of aliphatic hydroxyl groups excluding tert-OH is 1. The van der Waals surface area contributed by atoms with Crippen LogP contribution in [0.15, 0.2) is 0 Å². The van der Waals surface area contributed by atoms with Crippen molar-refractivity contribution in [3.63, 3.8) is 0 Å². The molecule has 0 aromatic carbocycles. The first-order valence-electron chi connectivity index (χ1n) is 4.93. The first-order valence-corrected chi connectivity index (χ1v) is 4.93. The van der Waals surface area contributed by atoms with E-state index in [1.54, 1.807) is 0 Å². The van der Waals surface area contributed by atoms with E-state index < -0.39 is 0 Å². The number of hydrogen-bond donors (Lipinski definition) is 2. The molecule has 12 heavy (non-hydrogen) atoms. The largest absolute Gasteiger partial charge is 0.391 e. The van der Waals surface area contributed by atoms with E-state index in [9.17, 15) is 5.11 Å². The van der Waals surface area contributed by atoms with Crippen LogP contribution in [0.5, 0.6) is 0 Å². The maximum absolute atomic E-state index is 9.48. The summed E-state index contributed by atoms with van der Waals surface area (Å²) < 4.78 is 0. The molecule has 0 spiro atoms. The number of aliphatic hydroxyl groups is 1. The fraction of sp³-hybridized carbons (Fsp3) is 1.00. The van der Waals surface area contributed by atoms with E-state index in [2.05, 4.69) is 17.1 Å². The van der Waals surface area contributed by atoms with Crippen molar-refractivity contribution in [3.8, 4) is 0 Å². The first-order chi connectivity index (χ1) is 5.77. The Balaban J connectivity index is 1.86. The molecule has 3 heteroatoms. The van der Waals surface area contributed by atoms with Crippen LogP contribution in [0.2, 0.25) is 0 Å². The van der Waals surface area contributed by atoms with Crippen LogP contribution in [-0.4, -0.2) is 47.8 Å². The maximum atomic E-state index is 9.48. The van der Waals surface area contributed by atoms with Gasteiger partial charge in [-0.25, -0.2) is 0 Å². The minimum atomic E-state index is -0.0460. The third kappa shape index (κ3) is 1.49. The molecule has 1 saturated heterocycles. The molecule has 1 aliphatic heterocycles. The predicted molar refractivity (Wildman–Crippen MR) is 48.1 cm³/mol. The molecule has 0 aromatic rings. The Kier molecular flexibility index (Phi) is 2.35. The van der Waals surface area contributed by atoms with Gasteiger partial charge in [-0.3, -0.25) is 4.90 Å². The van der Waals surface area contributed by atoms with Crippen LogP contribution in [0.3, 0.4) is 0 Å². The summed E-state index contributed by atoms with van der Waals surface area (Å²) in [5.41, 5.74) is 0. The molecule has 3 unspecified atom stereocenters. The van der Waals surface area contributed by atoms with Crippen LogP contribution in [0.25, 0.3) is 0 Å². The van der Waals surface area contributed by atoms with E-state index in [0.717, 1.165) is 26.1 Å². The highest BCUT2D eigenvalue weighted by Gasteiger charge is 2.35. The fourth-order valence-electron chi connectivity index (χ4n) is 2.15. The Morgan fingerprint density at radius 2 is 2.25 bits per heavy atom. The SMILES string of the molecule is CC1CN(C2CCC2O)CCN1. The van der Waals surface area contributed by atoms with E-state index in [1.165, 1.54) is 6.42 Å². The molecule has 2 rings (SSSR count). The molecule has 2 fully saturated rings. The molecule has 0 bridgehead atoms. The van der Waals surface area contributed by atoms with Crippen molar-refractivity contribution in [3.05, 3.63) is 0 Å². The highest BCUT2D eigenvalue weighted by molar-refractivity contribution is 4.91. The van der Waals surface area contributed by atoms with Gasteiger partial charge in [0.25, 0.3) is 0 Å². The normalized spacial score (nSPS) is 44.0. The van der Waals surface area contributed by atoms with Crippen LogP contribution in [0.4, 0.5) is 0 Å². The number of hydrogen-bond acceptors (Lipinski definition) is 3. The van der Waals surface area contributed by atoms with Gasteiger partial charge in [0, 0.05) is 31.7 Å². The molecule has 0 amide bonds. The molecule has 2 aliphatic rings. The highest BCUT2D eigenvalue weighted by Crippen LogP contribution is 2.26. The first kappa shape index (κ1) is 8.48. The van der Waals surface area contributed by atoms with Gasteiger partial charge >= 0.3 is 0 Å². The summed E-state index contributed by atoms with van der Waals surface area (Å²) in [6.07, 6.45) is 2.15. The number of nitrogens with zero attached hydrogens (tertiary/aromatic N) is 1. The average Bonchev–Trinajstić information content (AvgIpc) is 2.02. The fourth-order valence-corrected chi connectivity index (χ4v) is 2.15. The van der Waals surface area contributed by atoms with Gasteiger partial charge in [0.15, 0.2) is 0 Å². The molecule has 70 valence electrons. The second-order valence-corrected chi connectivity index (χ2v) is 4.06. The van der Waals surface area contributed by atoms with Gasteiger partial charge in [-0.2, -0.15) is 0 Å². The number of piperazine rings is 1. The van der Waals surface area contributed by atoms with Crippen molar-refractivity contribution in [1.82, 2.24) is 10.2 Å². The van der Waals surface area contributed by atoms with E-state index in [1.807, 2.05) is 0 Å².